The van der Waals surface area contributed by atoms with Crippen LogP contribution in [0.5, 0.6) is 11.6 Å². The number of rotatable bonds is 7. The van der Waals surface area contributed by atoms with Crippen molar-refractivity contribution in [1.82, 2.24) is 19.8 Å². The second kappa shape index (κ2) is 9.25. The minimum atomic E-state index is -0.509. The van der Waals surface area contributed by atoms with Crippen LogP contribution in [0.25, 0.3) is 16.8 Å². The van der Waals surface area contributed by atoms with Gasteiger partial charge in [0.25, 0.3) is 0 Å². The van der Waals surface area contributed by atoms with Gasteiger partial charge in [0.2, 0.25) is 11.2 Å². The van der Waals surface area contributed by atoms with Gasteiger partial charge in [-0.25, -0.2) is 0 Å². The van der Waals surface area contributed by atoms with Gasteiger partial charge in [0, 0.05) is 17.2 Å². The highest BCUT2D eigenvalue weighted by Gasteiger charge is 2.23. The fourth-order valence-electron chi connectivity index (χ4n) is 3.92. The third kappa shape index (κ3) is 4.64. The average Bonchev–Trinajstić information content (AvgIpc) is 3.24. The highest BCUT2D eigenvalue weighted by Crippen LogP contribution is 2.37. The van der Waals surface area contributed by atoms with Gasteiger partial charge >= 0.3 is 0 Å². The molecule has 5 aromatic rings. The van der Waals surface area contributed by atoms with Gasteiger partial charge in [-0.3, -0.25) is 0 Å². The molecule has 0 aliphatic carbocycles. The minimum absolute atomic E-state index is 0.177. The van der Waals surface area contributed by atoms with Crippen molar-refractivity contribution in [3.05, 3.63) is 107 Å². The monoisotopic (exact) mass is 469 g/mol. The largest absolute Gasteiger partial charge is 0.437 e. The van der Waals surface area contributed by atoms with Crippen molar-refractivity contribution in [3.8, 4) is 22.8 Å². The standard InChI is InChI=1S/C27H24ClN5O/c1-27(29,17-16-19-8-4-2-5-9-19)21-12-13-23(22(18-21)20-10-6-3-7-11-20)34-25-15-14-24-30-31-26(28)33(24)32-25/h2-15,18H,16-17,29H2,1H3. The van der Waals surface area contributed by atoms with Gasteiger partial charge in [-0.15, -0.1) is 15.3 Å². The van der Waals surface area contributed by atoms with E-state index in [2.05, 4.69) is 64.7 Å². The molecule has 0 radical (unpaired) electrons. The summed E-state index contributed by atoms with van der Waals surface area (Å²) >= 11 is 6.08. The Labute approximate surface area is 203 Å². The van der Waals surface area contributed by atoms with Crippen LogP contribution in [0.2, 0.25) is 5.28 Å². The van der Waals surface area contributed by atoms with Crippen LogP contribution in [-0.2, 0) is 12.0 Å². The van der Waals surface area contributed by atoms with Crippen molar-refractivity contribution in [3.63, 3.8) is 0 Å². The minimum Gasteiger partial charge on any atom is -0.437 e. The summed E-state index contributed by atoms with van der Waals surface area (Å²) in [7, 11) is 0. The molecule has 1 atom stereocenters. The van der Waals surface area contributed by atoms with Crippen LogP contribution >= 0.6 is 11.6 Å². The number of halogens is 1. The normalized spacial score (nSPS) is 13.0. The molecule has 2 heterocycles. The first-order chi connectivity index (χ1) is 16.5. The molecule has 6 nitrogen and oxygen atoms in total. The number of benzene rings is 3. The van der Waals surface area contributed by atoms with Crippen LogP contribution in [0, 0.1) is 0 Å². The van der Waals surface area contributed by atoms with Crippen LogP contribution in [0.4, 0.5) is 0 Å². The number of nitrogens with zero attached hydrogens (tertiary/aromatic N) is 4. The smallest absolute Gasteiger partial charge is 0.246 e. The molecular formula is C27H24ClN5O. The van der Waals surface area contributed by atoms with Gasteiger partial charge in [0.1, 0.15) is 5.75 Å². The number of ether oxygens (including phenoxy) is 1. The van der Waals surface area contributed by atoms with E-state index < -0.39 is 5.54 Å². The summed E-state index contributed by atoms with van der Waals surface area (Å²) in [5, 5.41) is 12.4. The van der Waals surface area contributed by atoms with Gasteiger partial charge in [-0.05, 0) is 66.3 Å². The maximum atomic E-state index is 6.82. The van der Waals surface area contributed by atoms with Crippen molar-refractivity contribution in [2.45, 2.75) is 25.3 Å². The van der Waals surface area contributed by atoms with Crippen molar-refractivity contribution >= 4 is 17.2 Å². The van der Waals surface area contributed by atoms with Crippen LogP contribution in [0.15, 0.2) is 91.0 Å². The summed E-state index contributed by atoms with van der Waals surface area (Å²) in [6, 6.07) is 30.1. The molecule has 0 aliphatic heterocycles. The first kappa shape index (κ1) is 22.1. The molecule has 0 spiro atoms. The predicted octanol–water partition coefficient (Wildman–Crippen LogP) is 6.04. The number of hydrogen-bond donors (Lipinski definition) is 1. The predicted molar refractivity (Wildman–Crippen MR) is 134 cm³/mol. The zero-order valence-electron chi connectivity index (χ0n) is 18.7. The van der Waals surface area contributed by atoms with Crippen LogP contribution in [0.1, 0.15) is 24.5 Å². The van der Waals surface area contributed by atoms with E-state index in [0.717, 1.165) is 29.5 Å². The van der Waals surface area contributed by atoms with Crippen molar-refractivity contribution in [1.29, 1.82) is 0 Å². The van der Waals surface area contributed by atoms with E-state index in [1.807, 2.05) is 36.4 Å². The molecular weight excluding hydrogens is 446 g/mol. The summed E-state index contributed by atoms with van der Waals surface area (Å²) in [5.74, 6) is 1.06. The Bertz CT molecular complexity index is 1420. The highest BCUT2D eigenvalue weighted by molar-refractivity contribution is 6.28. The third-order valence-corrected chi connectivity index (χ3v) is 6.15. The Morgan fingerprint density at radius 3 is 2.41 bits per heavy atom. The van der Waals surface area contributed by atoms with Crippen molar-refractivity contribution in [2.75, 3.05) is 0 Å². The average molecular weight is 470 g/mol. The van der Waals surface area contributed by atoms with Crippen LogP contribution in [-0.4, -0.2) is 19.8 Å². The molecule has 3 aromatic carbocycles. The topological polar surface area (TPSA) is 78.3 Å². The third-order valence-electron chi connectivity index (χ3n) is 5.91. The van der Waals surface area contributed by atoms with Gasteiger partial charge in [-0.2, -0.15) is 4.52 Å². The Morgan fingerprint density at radius 2 is 1.65 bits per heavy atom. The van der Waals surface area contributed by atoms with E-state index in [1.165, 1.54) is 10.1 Å². The van der Waals surface area contributed by atoms with E-state index in [-0.39, 0.29) is 5.28 Å². The van der Waals surface area contributed by atoms with Gasteiger partial charge in [0.05, 0.1) is 0 Å². The fraction of sp³-hybridized carbons (Fsp3) is 0.148. The lowest BCUT2D eigenvalue weighted by Crippen LogP contribution is -2.33. The Balaban J connectivity index is 1.48. The number of aryl methyl sites for hydroxylation is 1. The molecule has 0 bridgehead atoms. The first-order valence-corrected chi connectivity index (χ1v) is 11.5. The van der Waals surface area contributed by atoms with Crippen LogP contribution in [0.3, 0.4) is 0 Å². The Hall–Kier alpha value is -3.74. The molecule has 1 unspecified atom stereocenters. The zero-order valence-corrected chi connectivity index (χ0v) is 19.5. The van der Waals surface area contributed by atoms with E-state index in [1.54, 1.807) is 12.1 Å². The van der Waals surface area contributed by atoms with E-state index in [9.17, 15) is 0 Å². The van der Waals surface area contributed by atoms with Crippen molar-refractivity contribution < 1.29 is 4.74 Å². The number of aromatic nitrogens is 4. The number of fused-ring (bicyclic) bond motifs is 1. The summed E-state index contributed by atoms with van der Waals surface area (Å²) in [5.41, 5.74) is 11.1. The molecule has 2 aromatic heterocycles. The van der Waals surface area contributed by atoms with E-state index >= 15 is 0 Å². The molecule has 0 amide bonds. The molecule has 0 saturated heterocycles. The number of nitrogens with two attached hydrogens (primary N) is 1. The Kier molecular flexibility index (Phi) is 6.01. The lowest BCUT2D eigenvalue weighted by molar-refractivity contribution is 0.444. The second-order valence-corrected chi connectivity index (χ2v) is 8.83. The second-order valence-electron chi connectivity index (χ2n) is 8.49. The fourth-order valence-corrected chi connectivity index (χ4v) is 4.09. The van der Waals surface area contributed by atoms with Gasteiger partial charge in [-0.1, -0.05) is 66.7 Å². The first-order valence-electron chi connectivity index (χ1n) is 11.1. The summed E-state index contributed by atoms with van der Waals surface area (Å²) in [4.78, 5) is 0. The highest BCUT2D eigenvalue weighted by atomic mass is 35.5. The number of hydrogen-bond acceptors (Lipinski definition) is 5. The molecule has 0 aliphatic rings. The molecule has 34 heavy (non-hydrogen) atoms. The summed E-state index contributed by atoms with van der Waals surface area (Å²) < 4.78 is 7.64. The van der Waals surface area contributed by atoms with E-state index in [4.69, 9.17) is 22.1 Å². The molecule has 7 heteroatoms. The Morgan fingerprint density at radius 1 is 0.912 bits per heavy atom. The molecule has 0 saturated carbocycles. The summed E-state index contributed by atoms with van der Waals surface area (Å²) in [6.45, 7) is 2.07. The zero-order chi connectivity index (χ0) is 23.5. The maximum Gasteiger partial charge on any atom is 0.246 e. The van der Waals surface area contributed by atoms with Gasteiger partial charge in [0.15, 0.2) is 5.65 Å². The van der Waals surface area contributed by atoms with Crippen LogP contribution < -0.4 is 10.5 Å². The summed E-state index contributed by atoms with van der Waals surface area (Å²) in [6.07, 6.45) is 1.71. The quantitative estimate of drug-likeness (QED) is 0.314. The molecule has 2 N–H and O–H groups in total. The lowest BCUT2D eigenvalue weighted by Gasteiger charge is -2.27. The molecule has 0 fully saturated rings. The lowest BCUT2D eigenvalue weighted by atomic mass is 9.85. The van der Waals surface area contributed by atoms with E-state index in [0.29, 0.717) is 17.3 Å². The van der Waals surface area contributed by atoms with Crippen molar-refractivity contribution in [2.24, 2.45) is 5.73 Å². The maximum absolute atomic E-state index is 6.82. The molecule has 5 rings (SSSR count). The van der Waals surface area contributed by atoms with Gasteiger partial charge < -0.3 is 10.5 Å². The SMILES string of the molecule is CC(N)(CCc1ccccc1)c1ccc(Oc2ccc3nnc(Cl)n3n2)c(-c2ccccc2)c1. The molecule has 170 valence electrons.